The molecule has 0 unspecified atom stereocenters. The molecule has 5 nitrogen and oxygen atoms in total. The quantitative estimate of drug-likeness (QED) is 0.757. The molecule has 1 heterocycles. The number of benzene rings is 1. The summed E-state index contributed by atoms with van der Waals surface area (Å²) in [6.45, 7) is 4.32. The zero-order valence-electron chi connectivity index (χ0n) is 13.2. The SMILES string of the molecule is C[C@@H](CO)NC(=O)NC1CCN(Cc2cc(Cl)cc(Cl)c2)CC1. The largest absolute Gasteiger partial charge is 0.394 e. The molecular formula is C16H23Cl2N3O2. The van der Waals surface area contributed by atoms with E-state index in [0.29, 0.717) is 10.0 Å². The van der Waals surface area contributed by atoms with Crippen LogP contribution >= 0.6 is 23.2 Å². The maximum Gasteiger partial charge on any atom is 0.315 e. The van der Waals surface area contributed by atoms with Gasteiger partial charge in [0.05, 0.1) is 12.6 Å². The van der Waals surface area contributed by atoms with Crippen LogP contribution in [0.5, 0.6) is 0 Å². The second-order valence-electron chi connectivity index (χ2n) is 6.03. The minimum Gasteiger partial charge on any atom is -0.394 e. The summed E-state index contributed by atoms with van der Waals surface area (Å²) in [6, 6.07) is 5.31. The topological polar surface area (TPSA) is 64.6 Å². The van der Waals surface area contributed by atoms with Crippen molar-refractivity contribution in [2.24, 2.45) is 0 Å². The average Bonchev–Trinajstić information content (AvgIpc) is 2.48. The van der Waals surface area contributed by atoms with Crippen molar-refractivity contribution >= 4 is 29.2 Å². The zero-order valence-corrected chi connectivity index (χ0v) is 14.7. The predicted molar refractivity (Wildman–Crippen MR) is 93.0 cm³/mol. The summed E-state index contributed by atoms with van der Waals surface area (Å²) in [5.74, 6) is 0. The van der Waals surface area contributed by atoms with Gasteiger partial charge in [-0.25, -0.2) is 4.79 Å². The van der Waals surface area contributed by atoms with E-state index in [4.69, 9.17) is 28.3 Å². The van der Waals surface area contributed by atoms with Crippen LogP contribution in [-0.2, 0) is 6.54 Å². The molecule has 2 rings (SSSR count). The minimum absolute atomic E-state index is 0.0614. The molecule has 1 saturated heterocycles. The fourth-order valence-corrected chi connectivity index (χ4v) is 3.26. The molecule has 0 aromatic heterocycles. The molecule has 2 amide bonds. The van der Waals surface area contributed by atoms with Crippen LogP contribution in [-0.4, -0.2) is 47.8 Å². The summed E-state index contributed by atoms with van der Waals surface area (Å²) >= 11 is 12.1. The van der Waals surface area contributed by atoms with Crippen LogP contribution in [0, 0.1) is 0 Å². The number of hydrogen-bond donors (Lipinski definition) is 3. The van der Waals surface area contributed by atoms with Crippen molar-refractivity contribution in [2.45, 2.75) is 38.4 Å². The third-order valence-corrected chi connectivity index (χ3v) is 4.34. The molecule has 1 aliphatic heterocycles. The molecule has 1 aliphatic rings. The summed E-state index contributed by atoms with van der Waals surface area (Å²) < 4.78 is 0. The van der Waals surface area contributed by atoms with Crippen LogP contribution in [0.1, 0.15) is 25.3 Å². The summed E-state index contributed by atoms with van der Waals surface area (Å²) in [7, 11) is 0. The van der Waals surface area contributed by atoms with E-state index >= 15 is 0 Å². The first kappa shape index (κ1) is 18.3. The van der Waals surface area contributed by atoms with Gasteiger partial charge in [-0.3, -0.25) is 4.90 Å². The lowest BCUT2D eigenvalue weighted by Crippen LogP contribution is -2.50. The Morgan fingerprint density at radius 1 is 1.30 bits per heavy atom. The van der Waals surface area contributed by atoms with Gasteiger partial charge in [-0.2, -0.15) is 0 Å². The van der Waals surface area contributed by atoms with Gasteiger partial charge in [-0.15, -0.1) is 0 Å². The van der Waals surface area contributed by atoms with Gasteiger partial charge in [0, 0.05) is 35.7 Å². The molecule has 1 atom stereocenters. The average molecular weight is 360 g/mol. The third kappa shape index (κ3) is 6.18. The molecule has 1 fully saturated rings. The Morgan fingerprint density at radius 3 is 2.48 bits per heavy atom. The molecule has 1 aromatic rings. The van der Waals surface area contributed by atoms with Gasteiger partial charge in [0.15, 0.2) is 0 Å². The van der Waals surface area contributed by atoms with Gasteiger partial charge in [0.25, 0.3) is 0 Å². The number of carbonyl (C=O) groups excluding carboxylic acids is 1. The monoisotopic (exact) mass is 359 g/mol. The lowest BCUT2D eigenvalue weighted by molar-refractivity contribution is 0.183. The number of aliphatic hydroxyl groups excluding tert-OH is 1. The molecule has 128 valence electrons. The number of piperidine rings is 1. The Labute approximate surface area is 146 Å². The first-order valence-corrected chi connectivity index (χ1v) is 8.57. The number of urea groups is 1. The standard InChI is InChI=1S/C16H23Cl2N3O2/c1-11(10-22)19-16(23)20-15-2-4-21(5-3-15)9-12-6-13(17)8-14(18)7-12/h6-8,11,15,22H,2-5,9-10H2,1H3,(H2,19,20,23)/t11-/m0/s1. The number of rotatable bonds is 5. The Bertz CT molecular complexity index is 514. The first-order chi connectivity index (χ1) is 11.0. The highest BCUT2D eigenvalue weighted by Crippen LogP contribution is 2.21. The van der Waals surface area contributed by atoms with E-state index in [1.54, 1.807) is 13.0 Å². The second-order valence-corrected chi connectivity index (χ2v) is 6.90. The van der Waals surface area contributed by atoms with E-state index in [9.17, 15) is 4.79 Å². The van der Waals surface area contributed by atoms with Crippen LogP contribution in [0.15, 0.2) is 18.2 Å². The van der Waals surface area contributed by atoms with Crippen molar-refractivity contribution in [2.75, 3.05) is 19.7 Å². The predicted octanol–water partition coefficient (Wildman–Crippen LogP) is 2.64. The Hall–Kier alpha value is -1.01. The van der Waals surface area contributed by atoms with Crippen LogP contribution in [0.4, 0.5) is 4.79 Å². The summed E-state index contributed by atoms with van der Waals surface area (Å²) in [4.78, 5) is 14.1. The van der Waals surface area contributed by atoms with Crippen molar-refractivity contribution in [1.29, 1.82) is 0 Å². The van der Waals surface area contributed by atoms with Crippen LogP contribution in [0.3, 0.4) is 0 Å². The number of amides is 2. The highest BCUT2D eigenvalue weighted by atomic mass is 35.5. The van der Waals surface area contributed by atoms with Crippen molar-refractivity contribution in [3.8, 4) is 0 Å². The van der Waals surface area contributed by atoms with Gasteiger partial charge in [0.2, 0.25) is 0 Å². The number of likely N-dealkylation sites (tertiary alicyclic amines) is 1. The normalized spacial score (nSPS) is 17.7. The van der Waals surface area contributed by atoms with Crippen LogP contribution < -0.4 is 10.6 Å². The maximum atomic E-state index is 11.8. The van der Waals surface area contributed by atoms with E-state index in [0.717, 1.165) is 38.0 Å². The Balaban J connectivity index is 1.76. The number of halogens is 2. The van der Waals surface area contributed by atoms with E-state index in [1.165, 1.54) is 0 Å². The van der Waals surface area contributed by atoms with Crippen molar-refractivity contribution in [1.82, 2.24) is 15.5 Å². The summed E-state index contributed by atoms with van der Waals surface area (Å²) in [6.07, 6.45) is 1.80. The van der Waals surface area contributed by atoms with E-state index in [-0.39, 0.29) is 24.7 Å². The molecule has 0 bridgehead atoms. The highest BCUT2D eigenvalue weighted by Gasteiger charge is 2.21. The molecule has 1 aromatic carbocycles. The van der Waals surface area contributed by atoms with Crippen LogP contribution in [0.2, 0.25) is 10.0 Å². The molecule has 0 radical (unpaired) electrons. The zero-order chi connectivity index (χ0) is 16.8. The molecule has 7 heteroatoms. The highest BCUT2D eigenvalue weighted by molar-refractivity contribution is 6.34. The first-order valence-electron chi connectivity index (χ1n) is 7.81. The lowest BCUT2D eigenvalue weighted by Gasteiger charge is -2.32. The van der Waals surface area contributed by atoms with Crippen LogP contribution in [0.25, 0.3) is 0 Å². The molecule has 0 saturated carbocycles. The molecule has 3 N–H and O–H groups in total. The van der Waals surface area contributed by atoms with Gasteiger partial charge in [-0.05, 0) is 43.5 Å². The van der Waals surface area contributed by atoms with Crippen molar-refractivity contribution in [3.63, 3.8) is 0 Å². The second kappa shape index (κ2) is 8.73. The van der Waals surface area contributed by atoms with Gasteiger partial charge in [0.1, 0.15) is 0 Å². The number of carbonyl (C=O) groups is 1. The Kier molecular flexibility index (Phi) is 6.96. The summed E-state index contributed by atoms with van der Waals surface area (Å²) in [5, 5.41) is 15.9. The summed E-state index contributed by atoms with van der Waals surface area (Å²) in [5.41, 5.74) is 1.10. The molecule has 0 spiro atoms. The Morgan fingerprint density at radius 2 is 1.91 bits per heavy atom. The van der Waals surface area contributed by atoms with E-state index < -0.39 is 0 Å². The number of hydrogen-bond acceptors (Lipinski definition) is 3. The van der Waals surface area contributed by atoms with Gasteiger partial charge >= 0.3 is 6.03 Å². The molecular weight excluding hydrogens is 337 g/mol. The minimum atomic E-state index is -0.234. The molecule has 0 aliphatic carbocycles. The maximum absolute atomic E-state index is 11.8. The number of aliphatic hydroxyl groups is 1. The van der Waals surface area contributed by atoms with Crippen molar-refractivity contribution < 1.29 is 9.90 Å². The number of nitrogens with one attached hydrogen (secondary N) is 2. The van der Waals surface area contributed by atoms with Crippen molar-refractivity contribution in [3.05, 3.63) is 33.8 Å². The lowest BCUT2D eigenvalue weighted by atomic mass is 10.0. The van der Waals surface area contributed by atoms with E-state index in [1.807, 2.05) is 12.1 Å². The molecule has 23 heavy (non-hydrogen) atoms. The fourth-order valence-electron chi connectivity index (χ4n) is 2.69. The van der Waals surface area contributed by atoms with Gasteiger partial charge in [-0.1, -0.05) is 23.2 Å². The fraction of sp³-hybridized carbons (Fsp3) is 0.562. The third-order valence-electron chi connectivity index (χ3n) is 3.90. The smallest absolute Gasteiger partial charge is 0.315 e. The van der Waals surface area contributed by atoms with Gasteiger partial charge < -0.3 is 15.7 Å². The van der Waals surface area contributed by atoms with E-state index in [2.05, 4.69) is 15.5 Å². The number of nitrogens with zero attached hydrogens (tertiary/aromatic N) is 1.